The second kappa shape index (κ2) is 38.0. The van der Waals surface area contributed by atoms with E-state index in [1.165, 1.54) is 117 Å². The number of rotatable bonds is 11. The van der Waals surface area contributed by atoms with E-state index < -0.39 is 0 Å². The maximum atomic E-state index is 4.97. The van der Waals surface area contributed by atoms with E-state index in [4.69, 9.17) is 15.0 Å². The van der Waals surface area contributed by atoms with Crippen LogP contribution in [0.2, 0.25) is 0 Å². The number of pyridine rings is 9. The molecule has 0 amide bonds. The number of hydrogen-bond donors (Lipinski definition) is 0. The van der Waals surface area contributed by atoms with Crippen molar-refractivity contribution < 1.29 is 27.4 Å². The Morgan fingerprint density at radius 1 is 0.294 bits per heavy atom. The standard InChI is InChI=1S/2C20H23N2.C19H21N2.3C15H14N3/c1-14(2)11-16-12-17-9-10-22(4)20(19(17)21-13-16)18-8-6-5-7-15(18)3;1-14(2)13-17-10-9-16-11-12-22(4)20(19(16)21-17)18-8-6-5-7-15(18)3;1-13(2)17-10-9-15-11-12-21(4)19(18(15)20-17)16-8-6-5-7-14(16)3;1-11-6-3-4-7-12(11)14-13-8-5-9-16-15(13)17-10-18(14)2;1-11-5-3-4-6-12(11)15-13-9-16-8-7-14(13)17-10-18(15)2;1-11-5-3-4-6-12(11)15-13-7-8-16-9-14(13)17-10-18(15)2/h5-10,12-14H,11H2,1-4H3;5-12,14H,13H2,1-4H3;5-13H,1-4H3;3*3-10H,1-2H3/q6*+1. The lowest BCUT2D eigenvalue weighted by molar-refractivity contribution is -0.662. The summed E-state index contributed by atoms with van der Waals surface area (Å²) in [6, 6.07) is 76.0. The molecule has 0 aliphatic carbocycles. The topological polar surface area (TPSA) is 139 Å². The van der Waals surface area contributed by atoms with Gasteiger partial charge in [0.15, 0.2) is 24.1 Å². The normalized spacial score (nSPS) is 11.1. The third-order valence-corrected chi connectivity index (χ3v) is 21.6. The maximum Gasteiger partial charge on any atom is 0.289 e. The van der Waals surface area contributed by atoms with Crippen molar-refractivity contribution >= 4 is 65.5 Å². The molecule has 119 heavy (non-hydrogen) atoms. The van der Waals surface area contributed by atoms with Gasteiger partial charge in [-0.1, -0.05) is 181 Å². The molecule has 0 N–H and O–H groups in total. The van der Waals surface area contributed by atoms with Gasteiger partial charge < -0.3 is 0 Å². The van der Waals surface area contributed by atoms with Crippen LogP contribution >= 0.6 is 0 Å². The van der Waals surface area contributed by atoms with Crippen LogP contribution in [0.3, 0.4) is 0 Å². The monoisotopic (exact) mass is 1570 g/mol. The molecule has 15 nitrogen and oxygen atoms in total. The average molecular weight is 1570 g/mol. The second-order valence-electron chi connectivity index (χ2n) is 32.0. The van der Waals surface area contributed by atoms with E-state index in [0.717, 1.165) is 79.3 Å². The maximum absolute atomic E-state index is 4.97. The molecular weight excluding hydrogens is 1460 g/mol. The van der Waals surface area contributed by atoms with E-state index in [1.807, 2.05) is 86.0 Å². The van der Waals surface area contributed by atoms with Crippen LogP contribution in [0.5, 0.6) is 0 Å². The highest BCUT2D eigenvalue weighted by molar-refractivity contribution is 5.95. The Kier molecular flexibility index (Phi) is 26.7. The minimum atomic E-state index is 0.435. The number of nitrogens with zero attached hydrogens (tertiary/aromatic N) is 15. The molecule has 0 unspecified atom stereocenters. The molecule has 0 aliphatic rings. The van der Waals surface area contributed by atoms with Gasteiger partial charge in [-0.2, -0.15) is 13.7 Å². The zero-order chi connectivity index (χ0) is 84.0. The number of hydrogen-bond acceptors (Lipinski definition) is 9. The zero-order valence-electron chi connectivity index (χ0n) is 72.1. The van der Waals surface area contributed by atoms with Gasteiger partial charge in [0.2, 0.25) is 22.6 Å². The Bertz CT molecular complexity index is 6370. The van der Waals surface area contributed by atoms with Crippen LogP contribution in [0.25, 0.3) is 133 Å². The highest BCUT2D eigenvalue weighted by Crippen LogP contribution is 2.34. The van der Waals surface area contributed by atoms with Crippen LogP contribution in [0.4, 0.5) is 0 Å². The Morgan fingerprint density at radius 3 is 1.19 bits per heavy atom. The Hall–Kier alpha value is -13.5. The molecular formula is C104H109N15+6. The van der Waals surface area contributed by atoms with Gasteiger partial charge in [0.25, 0.3) is 24.6 Å². The van der Waals surface area contributed by atoms with Gasteiger partial charge in [0, 0.05) is 99.5 Å². The van der Waals surface area contributed by atoms with Crippen molar-refractivity contribution in [3.63, 3.8) is 0 Å². The van der Waals surface area contributed by atoms with Crippen molar-refractivity contribution in [1.82, 2.24) is 44.9 Å². The van der Waals surface area contributed by atoms with E-state index in [9.17, 15) is 0 Å². The van der Waals surface area contributed by atoms with Crippen molar-refractivity contribution in [2.24, 2.45) is 54.1 Å². The highest BCUT2D eigenvalue weighted by Gasteiger charge is 2.25. The summed E-state index contributed by atoms with van der Waals surface area (Å²) in [7, 11) is 12.3. The van der Waals surface area contributed by atoms with Crippen molar-refractivity contribution in [1.29, 1.82) is 0 Å². The fraction of sp³-hybridized carbons (Fsp3) is 0.221. The van der Waals surface area contributed by atoms with Crippen LogP contribution < -0.4 is 27.4 Å². The quantitative estimate of drug-likeness (QED) is 0.116. The molecule has 18 rings (SSSR count). The summed E-state index contributed by atoms with van der Waals surface area (Å²) in [4.78, 5) is 40.5. The summed E-state index contributed by atoms with van der Waals surface area (Å²) < 4.78 is 12.7. The largest absolute Gasteiger partial charge is 0.289 e. The molecule has 12 aromatic heterocycles. The van der Waals surface area contributed by atoms with E-state index in [1.54, 1.807) is 18.6 Å². The third kappa shape index (κ3) is 19.3. The summed E-state index contributed by atoms with van der Waals surface area (Å²) in [6.07, 6.45) is 25.0. The Morgan fingerprint density at radius 2 is 0.706 bits per heavy atom. The van der Waals surface area contributed by atoms with E-state index in [-0.39, 0.29) is 0 Å². The smallest absolute Gasteiger partial charge is 0.264 e. The molecule has 594 valence electrons. The van der Waals surface area contributed by atoms with Gasteiger partial charge in [-0.05, 0) is 181 Å². The zero-order valence-corrected chi connectivity index (χ0v) is 72.1. The third-order valence-electron chi connectivity index (χ3n) is 21.6. The lowest BCUT2D eigenvalue weighted by Crippen LogP contribution is -2.31. The van der Waals surface area contributed by atoms with Crippen LogP contribution in [0.1, 0.15) is 97.8 Å². The SMILES string of the molecule is Cc1ccccc1-c1c2cccnc2nc[n+]1C.Cc1ccccc1-c1c2ccncc2nc[n+]1C.Cc1ccccc1-c1c2cnccc2nc[n+]1C.Cc1ccccc1-c1c2nc(C(C)C)ccc2cc[n+]1C.Cc1ccccc1-c1c2nc(CC(C)C)ccc2cc[n+]1C.Cc1ccccc1-c1c2ncc(CC(C)C)cc2cc[n+]1C. The summed E-state index contributed by atoms with van der Waals surface area (Å²) in [6.45, 7) is 26.2. The fourth-order valence-electron chi connectivity index (χ4n) is 15.5. The molecule has 0 bridgehead atoms. The Balaban J connectivity index is 0.000000124. The number of fused-ring (bicyclic) bond motifs is 6. The Labute approximate surface area is 700 Å². The first kappa shape index (κ1) is 83.4. The summed E-state index contributed by atoms with van der Waals surface area (Å²) in [5.74, 6) is 1.70. The molecule has 15 heteroatoms. The lowest BCUT2D eigenvalue weighted by atomic mass is 10.00. The first-order valence-corrected chi connectivity index (χ1v) is 41.0. The van der Waals surface area contributed by atoms with Crippen LogP contribution in [-0.4, -0.2) is 44.9 Å². The van der Waals surface area contributed by atoms with Crippen LogP contribution in [0.15, 0.2) is 293 Å². The lowest BCUT2D eigenvalue weighted by Gasteiger charge is -2.09. The average Bonchev–Trinajstić information content (AvgIpc) is 0.793. The van der Waals surface area contributed by atoms with Gasteiger partial charge in [-0.3, -0.25) is 9.97 Å². The molecule has 18 aromatic rings. The van der Waals surface area contributed by atoms with Crippen molar-refractivity contribution in [3.05, 3.63) is 343 Å². The summed E-state index contributed by atoms with van der Waals surface area (Å²) in [5, 5.41) is 6.90. The molecule has 0 aliphatic heterocycles. The molecule has 0 radical (unpaired) electrons. The summed E-state index contributed by atoms with van der Waals surface area (Å²) in [5.41, 5.74) is 31.7. The molecule has 0 atom stereocenters. The molecule has 0 saturated heterocycles. The summed E-state index contributed by atoms with van der Waals surface area (Å²) >= 11 is 0. The van der Waals surface area contributed by atoms with Gasteiger partial charge in [0.05, 0.1) is 60.2 Å². The minimum absolute atomic E-state index is 0.435. The number of aryl methyl sites for hydroxylation is 12. The van der Waals surface area contributed by atoms with Gasteiger partial charge in [-0.25, -0.2) is 33.6 Å². The highest BCUT2D eigenvalue weighted by atomic mass is 15.0. The number of benzene rings is 6. The van der Waals surface area contributed by atoms with Crippen molar-refractivity contribution in [2.75, 3.05) is 0 Å². The first-order valence-electron chi connectivity index (χ1n) is 41.0. The molecule has 12 heterocycles. The molecule has 0 spiro atoms. The van der Waals surface area contributed by atoms with Crippen molar-refractivity contribution in [3.8, 4) is 67.5 Å². The van der Waals surface area contributed by atoms with Gasteiger partial charge in [0.1, 0.15) is 54.8 Å². The second-order valence-corrected chi connectivity index (χ2v) is 32.0. The predicted molar refractivity (Wildman–Crippen MR) is 483 cm³/mol. The molecule has 0 saturated carbocycles. The van der Waals surface area contributed by atoms with E-state index in [2.05, 4.69) is 371 Å². The molecule has 6 aromatic carbocycles. The molecule has 0 fully saturated rings. The van der Waals surface area contributed by atoms with E-state index >= 15 is 0 Å². The van der Waals surface area contributed by atoms with Gasteiger partial charge >= 0.3 is 0 Å². The van der Waals surface area contributed by atoms with Crippen LogP contribution in [0, 0.1) is 53.4 Å². The predicted octanol–water partition coefficient (Wildman–Crippen LogP) is 19.9. The number of aromatic nitrogens is 15. The van der Waals surface area contributed by atoms with Crippen molar-refractivity contribution in [2.45, 2.75) is 102 Å². The van der Waals surface area contributed by atoms with Gasteiger partial charge in [-0.15, -0.1) is 0 Å². The van der Waals surface area contributed by atoms with E-state index in [0.29, 0.717) is 17.8 Å². The minimum Gasteiger partial charge on any atom is -0.264 e. The van der Waals surface area contributed by atoms with Crippen LogP contribution in [-0.2, 0) is 55.1 Å². The fourth-order valence-corrected chi connectivity index (χ4v) is 15.5. The first-order chi connectivity index (χ1) is 57.5.